The van der Waals surface area contributed by atoms with Crippen LogP contribution in [0.25, 0.3) is 10.9 Å². The minimum Gasteiger partial charge on any atom is -0.314 e. The highest BCUT2D eigenvalue weighted by atomic mass is 32.1. The van der Waals surface area contributed by atoms with Gasteiger partial charge in [0, 0.05) is 25.0 Å². The van der Waals surface area contributed by atoms with E-state index in [9.17, 15) is 0 Å². The van der Waals surface area contributed by atoms with Crippen molar-refractivity contribution in [1.82, 2.24) is 15.0 Å². The fraction of sp³-hybridized carbons (Fsp3) is 0.364. The van der Waals surface area contributed by atoms with Gasteiger partial charge in [0.05, 0.1) is 16.4 Å². The van der Waals surface area contributed by atoms with Crippen LogP contribution >= 0.6 is 11.5 Å². The van der Waals surface area contributed by atoms with Gasteiger partial charge < -0.3 is 10.6 Å². The lowest BCUT2D eigenvalue weighted by atomic mass is 10.1. The van der Waals surface area contributed by atoms with E-state index in [1.165, 1.54) is 10.3 Å². The number of piperazine rings is 1. The molecule has 4 heteroatoms. The average Bonchev–Trinajstić information content (AvgIpc) is 2.74. The van der Waals surface area contributed by atoms with Crippen LogP contribution in [-0.4, -0.2) is 24.0 Å². The van der Waals surface area contributed by atoms with E-state index in [1.807, 2.05) is 6.07 Å². The Balaban J connectivity index is 2.02. The van der Waals surface area contributed by atoms with Gasteiger partial charge >= 0.3 is 0 Å². The van der Waals surface area contributed by atoms with Gasteiger partial charge in [-0.25, -0.2) is 0 Å². The van der Waals surface area contributed by atoms with E-state index in [0.29, 0.717) is 6.04 Å². The number of aromatic nitrogens is 1. The van der Waals surface area contributed by atoms with Crippen LogP contribution in [-0.2, 0) is 0 Å². The van der Waals surface area contributed by atoms with Crippen LogP contribution < -0.4 is 10.6 Å². The molecule has 2 N–H and O–H groups in total. The van der Waals surface area contributed by atoms with Crippen LogP contribution in [0.3, 0.4) is 0 Å². The lowest BCUT2D eigenvalue weighted by molar-refractivity contribution is 0.436. The number of nitrogens with one attached hydrogen (secondary N) is 2. The molecule has 0 saturated carbocycles. The van der Waals surface area contributed by atoms with Gasteiger partial charge in [-0.1, -0.05) is 18.2 Å². The molecular weight excluding hydrogens is 206 g/mol. The Morgan fingerprint density at radius 3 is 3.07 bits per heavy atom. The van der Waals surface area contributed by atoms with E-state index in [2.05, 4.69) is 33.2 Å². The van der Waals surface area contributed by atoms with Crippen molar-refractivity contribution < 1.29 is 0 Å². The second-order valence-corrected chi connectivity index (χ2v) is 4.58. The summed E-state index contributed by atoms with van der Waals surface area (Å²) in [5.41, 5.74) is 1.12. The van der Waals surface area contributed by atoms with Crippen LogP contribution in [0.15, 0.2) is 24.3 Å². The highest BCUT2D eigenvalue weighted by Gasteiger charge is 2.18. The molecule has 3 nitrogen and oxygen atoms in total. The summed E-state index contributed by atoms with van der Waals surface area (Å²) in [5, 5.41) is 8.22. The topological polar surface area (TPSA) is 37.0 Å². The normalized spacial score (nSPS) is 22.0. The Morgan fingerprint density at radius 1 is 1.27 bits per heavy atom. The largest absolute Gasteiger partial charge is 0.314 e. The summed E-state index contributed by atoms with van der Waals surface area (Å²) in [6, 6.07) is 8.78. The SMILES string of the molecule is c1ccc2c(C3CNCCN3)snc2c1. The van der Waals surface area contributed by atoms with E-state index in [1.54, 1.807) is 11.5 Å². The third-order valence-corrected chi connectivity index (χ3v) is 3.76. The van der Waals surface area contributed by atoms with Crippen LogP contribution in [0.5, 0.6) is 0 Å². The Bertz CT molecular complexity index is 460. The van der Waals surface area contributed by atoms with Gasteiger partial charge in [-0.3, -0.25) is 0 Å². The third-order valence-electron chi connectivity index (χ3n) is 2.77. The molecule has 1 aliphatic heterocycles. The summed E-state index contributed by atoms with van der Waals surface area (Å²) in [7, 11) is 0. The number of fused-ring (bicyclic) bond motifs is 1. The van der Waals surface area contributed by atoms with Crippen molar-refractivity contribution in [3.63, 3.8) is 0 Å². The van der Waals surface area contributed by atoms with Gasteiger partial charge in [0.1, 0.15) is 0 Å². The molecule has 2 aromatic rings. The minimum atomic E-state index is 0.427. The monoisotopic (exact) mass is 219 g/mol. The minimum absolute atomic E-state index is 0.427. The average molecular weight is 219 g/mol. The highest BCUT2D eigenvalue weighted by molar-refractivity contribution is 7.07. The Hall–Kier alpha value is -0.970. The molecule has 1 aliphatic rings. The molecule has 1 aromatic carbocycles. The molecule has 15 heavy (non-hydrogen) atoms. The maximum atomic E-state index is 4.47. The summed E-state index contributed by atoms with van der Waals surface area (Å²) in [4.78, 5) is 1.36. The van der Waals surface area contributed by atoms with Gasteiger partial charge in [0.15, 0.2) is 0 Å². The molecular formula is C11H13N3S. The molecule has 3 rings (SSSR count). The number of hydrogen-bond donors (Lipinski definition) is 2. The molecule has 0 spiro atoms. The Morgan fingerprint density at radius 2 is 2.20 bits per heavy atom. The maximum Gasteiger partial charge on any atom is 0.0844 e. The molecule has 0 aliphatic carbocycles. The first-order valence-electron chi connectivity index (χ1n) is 5.23. The number of benzene rings is 1. The van der Waals surface area contributed by atoms with E-state index in [4.69, 9.17) is 0 Å². The highest BCUT2D eigenvalue weighted by Crippen LogP contribution is 2.28. The van der Waals surface area contributed by atoms with Gasteiger partial charge in [0.25, 0.3) is 0 Å². The summed E-state index contributed by atoms with van der Waals surface area (Å²) >= 11 is 1.62. The Kier molecular flexibility index (Phi) is 2.40. The van der Waals surface area contributed by atoms with Crippen molar-refractivity contribution in [3.8, 4) is 0 Å². The molecule has 0 radical (unpaired) electrons. The lowest BCUT2D eigenvalue weighted by Crippen LogP contribution is -2.42. The molecule has 1 aromatic heterocycles. The zero-order valence-electron chi connectivity index (χ0n) is 8.36. The fourth-order valence-electron chi connectivity index (χ4n) is 2.00. The van der Waals surface area contributed by atoms with E-state index in [-0.39, 0.29) is 0 Å². The van der Waals surface area contributed by atoms with E-state index >= 15 is 0 Å². The van der Waals surface area contributed by atoms with E-state index in [0.717, 1.165) is 25.2 Å². The van der Waals surface area contributed by atoms with Crippen molar-refractivity contribution in [2.75, 3.05) is 19.6 Å². The number of nitrogens with zero attached hydrogens (tertiary/aromatic N) is 1. The molecule has 0 bridgehead atoms. The predicted octanol–water partition coefficient (Wildman–Crippen LogP) is 1.53. The van der Waals surface area contributed by atoms with Gasteiger partial charge in [-0.2, -0.15) is 4.37 Å². The molecule has 1 unspecified atom stereocenters. The second kappa shape index (κ2) is 3.89. The first-order valence-corrected chi connectivity index (χ1v) is 6.01. The number of rotatable bonds is 1. The summed E-state index contributed by atoms with van der Waals surface area (Å²) in [5.74, 6) is 0. The smallest absolute Gasteiger partial charge is 0.0844 e. The molecule has 1 atom stereocenters. The van der Waals surface area contributed by atoms with Gasteiger partial charge in [-0.05, 0) is 17.6 Å². The zero-order chi connectivity index (χ0) is 10.1. The number of hydrogen-bond acceptors (Lipinski definition) is 4. The van der Waals surface area contributed by atoms with E-state index < -0.39 is 0 Å². The summed E-state index contributed by atoms with van der Waals surface area (Å²) < 4.78 is 4.47. The van der Waals surface area contributed by atoms with Crippen molar-refractivity contribution in [2.24, 2.45) is 0 Å². The fourth-order valence-corrected chi connectivity index (χ4v) is 2.92. The first-order chi connectivity index (χ1) is 7.45. The zero-order valence-corrected chi connectivity index (χ0v) is 9.18. The Labute approximate surface area is 92.7 Å². The lowest BCUT2D eigenvalue weighted by Gasteiger charge is -2.23. The predicted molar refractivity (Wildman–Crippen MR) is 63.2 cm³/mol. The molecule has 2 heterocycles. The summed E-state index contributed by atoms with van der Waals surface area (Å²) in [6.45, 7) is 3.11. The van der Waals surface area contributed by atoms with Crippen molar-refractivity contribution in [3.05, 3.63) is 29.1 Å². The van der Waals surface area contributed by atoms with Crippen LogP contribution in [0, 0.1) is 0 Å². The standard InChI is InChI=1S/C11H13N3S/c1-2-4-9-8(3-1)11(15-14-9)10-7-12-5-6-13-10/h1-4,10,12-13H,5-7H2. The molecule has 1 saturated heterocycles. The molecule has 78 valence electrons. The van der Waals surface area contributed by atoms with Gasteiger partial charge in [0.2, 0.25) is 0 Å². The molecule has 0 amide bonds. The van der Waals surface area contributed by atoms with Crippen LogP contribution in [0.2, 0.25) is 0 Å². The van der Waals surface area contributed by atoms with Crippen LogP contribution in [0.4, 0.5) is 0 Å². The summed E-state index contributed by atoms with van der Waals surface area (Å²) in [6.07, 6.45) is 0. The second-order valence-electron chi connectivity index (χ2n) is 3.77. The van der Waals surface area contributed by atoms with Crippen molar-refractivity contribution in [2.45, 2.75) is 6.04 Å². The first kappa shape index (κ1) is 9.27. The third kappa shape index (κ3) is 1.65. The van der Waals surface area contributed by atoms with Crippen LogP contribution in [0.1, 0.15) is 10.9 Å². The van der Waals surface area contributed by atoms with Gasteiger partial charge in [-0.15, -0.1) is 0 Å². The maximum absolute atomic E-state index is 4.47. The quantitative estimate of drug-likeness (QED) is 0.763. The molecule has 1 fully saturated rings. The van der Waals surface area contributed by atoms with Crippen molar-refractivity contribution in [1.29, 1.82) is 0 Å². The van der Waals surface area contributed by atoms with Crippen molar-refractivity contribution >= 4 is 22.4 Å².